The van der Waals surface area contributed by atoms with E-state index in [1.54, 1.807) is 0 Å². The molecule has 1 aromatic carbocycles. The quantitative estimate of drug-likeness (QED) is 0.896. The van der Waals surface area contributed by atoms with Gasteiger partial charge in [0, 0.05) is 17.6 Å². The van der Waals surface area contributed by atoms with Crippen molar-refractivity contribution in [3.05, 3.63) is 43.6 Å². The molecule has 0 amide bonds. The maximum Gasteiger partial charge on any atom is 0.273 e. The Balaban J connectivity index is 2.48. The van der Waals surface area contributed by atoms with Gasteiger partial charge in [-0.25, -0.2) is 4.68 Å². The van der Waals surface area contributed by atoms with E-state index >= 15 is 0 Å². The first-order valence-electron chi connectivity index (χ1n) is 5.73. The van der Waals surface area contributed by atoms with E-state index in [0.717, 1.165) is 13.0 Å². The van der Waals surface area contributed by atoms with Crippen LogP contribution in [0.3, 0.4) is 0 Å². The number of hydrogen-bond acceptors (Lipinski definition) is 2. The summed E-state index contributed by atoms with van der Waals surface area (Å²) in [5, 5.41) is 7.04. The fraction of sp³-hybridized carbons (Fsp3) is 0.250. The number of benzene rings is 1. The predicted molar refractivity (Wildman–Crippen MR) is 80.2 cm³/mol. The maximum atomic E-state index is 11.9. The largest absolute Gasteiger partial charge is 0.370 e. The summed E-state index contributed by atoms with van der Waals surface area (Å²) in [5.41, 5.74) is 0.145. The van der Waals surface area contributed by atoms with Crippen LogP contribution in [0.15, 0.2) is 23.0 Å². The molecule has 2 N–H and O–H groups in total. The molecule has 1 heterocycles. The molecule has 2 rings (SSSR count). The topological polar surface area (TPSA) is 49.8 Å². The van der Waals surface area contributed by atoms with Crippen LogP contribution in [-0.4, -0.2) is 16.3 Å². The standard InChI is InChI=1S/C12H12Cl3N3O/c1-2-3-16-10-6-11(19)18(17-10)12-8(14)4-7(13)5-9(12)15/h4-6,16-17H,2-3H2,1H3. The molecule has 0 atom stereocenters. The lowest BCUT2D eigenvalue weighted by Crippen LogP contribution is -2.14. The lowest BCUT2D eigenvalue weighted by atomic mass is 10.3. The number of nitrogens with zero attached hydrogens (tertiary/aromatic N) is 1. The monoisotopic (exact) mass is 319 g/mol. The highest BCUT2D eigenvalue weighted by atomic mass is 35.5. The minimum absolute atomic E-state index is 0.246. The molecule has 0 aliphatic heterocycles. The summed E-state index contributed by atoms with van der Waals surface area (Å²) in [6.45, 7) is 2.80. The summed E-state index contributed by atoms with van der Waals surface area (Å²) in [5.74, 6) is 0.619. The van der Waals surface area contributed by atoms with E-state index in [1.165, 1.54) is 22.9 Å². The number of hydrogen-bond donors (Lipinski definition) is 2. The van der Waals surface area contributed by atoms with E-state index in [4.69, 9.17) is 34.8 Å². The zero-order valence-corrected chi connectivity index (χ0v) is 12.4. The van der Waals surface area contributed by atoms with E-state index in [1.807, 2.05) is 6.92 Å². The molecule has 102 valence electrons. The van der Waals surface area contributed by atoms with Crippen molar-refractivity contribution in [1.29, 1.82) is 0 Å². The van der Waals surface area contributed by atoms with Crippen molar-refractivity contribution in [1.82, 2.24) is 9.78 Å². The first kappa shape index (κ1) is 14.3. The molecule has 1 aromatic heterocycles. The fourth-order valence-corrected chi connectivity index (χ4v) is 2.65. The van der Waals surface area contributed by atoms with Crippen LogP contribution in [0.4, 0.5) is 5.82 Å². The summed E-state index contributed by atoms with van der Waals surface area (Å²) < 4.78 is 1.29. The molecular formula is C12H12Cl3N3O. The van der Waals surface area contributed by atoms with Crippen LogP contribution >= 0.6 is 34.8 Å². The molecular weight excluding hydrogens is 309 g/mol. The summed E-state index contributed by atoms with van der Waals surface area (Å²) >= 11 is 18.0. The van der Waals surface area contributed by atoms with E-state index in [0.29, 0.717) is 26.6 Å². The van der Waals surface area contributed by atoms with Crippen molar-refractivity contribution in [2.24, 2.45) is 0 Å². The number of halogens is 3. The van der Waals surface area contributed by atoms with Gasteiger partial charge in [0.25, 0.3) is 5.56 Å². The number of H-pyrrole nitrogens is 1. The third-order valence-electron chi connectivity index (χ3n) is 2.49. The molecule has 0 saturated carbocycles. The Bertz CT molecular complexity index is 625. The van der Waals surface area contributed by atoms with Crippen molar-refractivity contribution in [2.45, 2.75) is 13.3 Å². The number of anilines is 1. The summed E-state index contributed by atoms with van der Waals surface area (Å²) in [6, 6.07) is 4.53. The molecule has 0 saturated heterocycles. The van der Waals surface area contributed by atoms with Crippen molar-refractivity contribution >= 4 is 40.6 Å². The average molecular weight is 321 g/mol. The Morgan fingerprint density at radius 1 is 1.21 bits per heavy atom. The number of nitrogens with one attached hydrogen (secondary N) is 2. The van der Waals surface area contributed by atoms with Crippen molar-refractivity contribution in [3.8, 4) is 5.69 Å². The molecule has 0 aliphatic carbocycles. The average Bonchev–Trinajstić information content (AvgIpc) is 2.67. The minimum atomic E-state index is -0.246. The van der Waals surface area contributed by atoms with Gasteiger partial charge in [-0.15, -0.1) is 0 Å². The molecule has 0 unspecified atom stereocenters. The van der Waals surface area contributed by atoms with Crippen LogP contribution in [0.1, 0.15) is 13.3 Å². The summed E-state index contributed by atoms with van der Waals surface area (Å²) in [7, 11) is 0. The molecule has 0 aliphatic rings. The highest BCUT2D eigenvalue weighted by Gasteiger charge is 2.13. The molecule has 0 spiro atoms. The van der Waals surface area contributed by atoms with Gasteiger partial charge in [-0.3, -0.25) is 9.89 Å². The zero-order chi connectivity index (χ0) is 14.0. The number of aromatic nitrogens is 2. The van der Waals surface area contributed by atoms with Gasteiger partial charge >= 0.3 is 0 Å². The van der Waals surface area contributed by atoms with Crippen molar-refractivity contribution in [2.75, 3.05) is 11.9 Å². The lowest BCUT2D eigenvalue weighted by molar-refractivity contribution is 0.845. The number of rotatable bonds is 4. The van der Waals surface area contributed by atoms with Crippen LogP contribution in [0.5, 0.6) is 0 Å². The highest BCUT2D eigenvalue weighted by Crippen LogP contribution is 2.31. The summed E-state index contributed by atoms with van der Waals surface area (Å²) in [4.78, 5) is 11.9. The normalized spacial score (nSPS) is 10.7. The van der Waals surface area contributed by atoms with Gasteiger partial charge in [-0.2, -0.15) is 0 Å². The zero-order valence-electron chi connectivity index (χ0n) is 10.1. The minimum Gasteiger partial charge on any atom is -0.370 e. The SMILES string of the molecule is CCCNc1cc(=O)n(-c2c(Cl)cc(Cl)cc2Cl)[nH]1. The molecule has 0 bridgehead atoms. The summed E-state index contributed by atoms with van der Waals surface area (Å²) in [6.07, 6.45) is 0.954. The van der Waals surface area contributed by atoms with Crippen molar-refractivity contribution in [3.63, 3.8) is 0 Å². The van der Waals surface area contributed by atoms with E-state index in [9.17, 15) is 4.79 Å². The Hall–Kier alpha value is -1.10. The Morgan fingerprint density at radius 3 is 2.42 bits per heavy atom. The lowest BCUT2D eigenvalue weighted by Gasteiger charge is -2.08. The smallest absolute Gasteiger partial charge is 0.273 e. The molecule has 0 radical (unpaired) electrons. The van der Waals surface area contributed by atoms with Gasteiger partial charge in [-0.1, -0.05) is 41.7 Å². The van der Waals surface area contributed by atoms with Gasteiger partial charge in [-0.05, 0) is 18.6 Å². The Kier molecular flexibility index (Phi) is 4.45. The number of aromatic amines is 1. The first-order chi connectivity index (χ1) is 9.02. The van der Waals surface area contributed by atoms with E-state index < -0.39 is 0 Å². The van der Waals surface area contributed by atoms with Gasteiger partial charge < -0.3 is 5.32 Å². The molecule has 7 heteroatoms. The van der Waals surface area contributed by atoms with Gasteiger partial charge in [0.1, 0.15) is 11.5 Å². The predicted octanol–water partition coefficient (Wildman–Crippen LogP) is 3.95. The highest BCUT2D eigenvalue weighted by molar-refractivity contribution is 6.40. The van der Waals surface area contributed by atoms with Gasteiger partial charge in [0.05, 0.1) is 10.0 Å². The Labute approximate surface area is 125 Å². The molecule has 2 aromatic rings. The van der Waals surface area contributed by atoms with E-state index in [2.05, 4.69) is 10.4 Å². The third kappa shape index (κ3) is 3.08. The second kappa shape index (κ2) is 5.90. The van der Waals surface area contributed by atoms with Crippen LogP contribution in [0, 0.1) is 0 Å². The van der Waals surface area contributed by atoms with Crippen LogP contribution in [0.25, 0.3) is 5.69 Å². The first-order valence-corrected chi connectivity index (χ1v) is 6.87. The molecule has 4 nitrogen and oxygen atoms in total. The third-order valence-corrected chi connectivity index (χ3v) is 3.29. The van der Waals surface area contributed by atoms with E-state index in [-0.39, 0.29) is 5.56 Å². The fourth-order valence-electron chi connectivity index (χ4n) is 1.66. The van der Waals surface area contributed by atoms with Gasteiger partial charge in [0.2, 0.25) is 0 Å². The Morgan fingerprint density at radius 2 is 1.84 bits per heavy atom. The second-order valence-corrected chi connectivity index (χ2v) is 5.24. The second-order valence-electron chi connectivity index (χ2n) is 3.99. The van der Waals surface area contributed by atoms with Crippen molar-refractivity contribution < 1.29 is 0 Å². The molecule has 19 heavy (non-hydrogen) atoms. The van der Waals surface area contributed by atoms with Crippen LogP contribution < -0.4 is 10.9 Å². The van der Waals surface area contributed by atoms with Crippen LogP contribution in [0.2, 0.25) is 15.1 Å². The van der Waals surface area contributed by atoms with Crippen LogP contribution in [-0.2, 0) is 0 Å². The maximum absolute atomic E-state index is 11.9. The van der Waals surface area contributed by atoms with Gasteiger partial charge in [0.15, 0.2) is 0 Å². The molecule has 0 fully saturated rings.